The maximum atomic E-state index is 14.8. The first-order valence-corrected chi connectivity index (χ1v) is 17.6. The van der Waals surface area contributed by atoms with Gasteiger partial charge in [0.25, 0.3) is 0 Å². The van der Waals surface area contributed by atoms with Crippen molar-refractivity contribution in [3.05, 3.63) is 35.6 Å². The smallest absolute Gasteiger partial charge is 0.303 e. The summed E-state index contributed by atoms with van der Waals surface area (Å²) in [6.45, 7) is 14.2. The Labute approximate surface area is 298 Å². The van der Waals surface area contributed by atoms with Gasteiger partial charge in [0, 0.05) is 30.6 Å². The predicted octanol–water partition coefficient (Wildman–Crippen LogP) is 1.45. The average molecular weight is 719 g/mol. The van der Waals surface area contributed by atoms with Gasteiger partial charge in [-0.25, -0.2) is 0 Å². The minimum Gasteiger partial charge on any atom is -0.459 e. The number of carbonyl (C=O) groups is 4. The van der Waals surface area contributed by atoms with Gasteiger partial charge in [-0.15, -0.1) is 0 Å². The molecule has 51 heavy (non-hydrogen) atoms. The molecule has 5 unspecified atom stereocenters. The van der Waals surface area contributed by atoms with Crippen LogP contribution in [-0.2, 0) is 33.4 Å². The highest BCUT2D eigenvalue weighted by Crippen LogP contribution is 2.73. The third kappa shape index (κ3) is 5.87. The molecular formula is C38H54O13. The Kier molecular flexibility index (Phi) is 9.80. The molecule has 0 spiro atoms. The molecule has 3 fully saturated rings. The summed E-state index contributed by atoms with van der Waals surface area (Å²) in [5, 5.41) is 64.6. The van der Waals surface area contributed by atoms with Crippen LogP contribution in [0.15, 0.2) is 35.6 Å². The average Bonchev–Trinajstić information content (AvgIpc) is 3.22. The van der Waals surface area contributed by atoms with Crippen molar-refractivity contribution in [1.82, 2.24) is 0 Å². The first-order valence-electron chi connectivity index (χ1n) is 17.6. The van der Waals surface area contributed by atoms with Gasteiger partial charge in [0.15, 0.2) is 11.5 Å². The number of Topliss-reactive ketones (excluding diaryl/α,β-unsaturated/α-hetero) is 2. The van der Waals surface area contributed by atoms with Crippen LogP contribution in [0, 0.1) is 39.4 Å². The number of esters is 1. The monoisotopic (exact) mass is 718 g/mol. The Bertz CT molecular complexity index is 1570. The van der Waals surface area contributed by atoms with Crippen molar-refractivity contribution < 1.29 is 64.0 Å². The van der Waals surface area contributed by atoms with E-state index in [4.69, 9.17) is 14.2 Å². The zero-order chi connectivity index (χ0) is 38.4. The molecular weight excluding hydrogens is 664 g/mol. The normalized spacial score (nSPS) is 43.3. The van der Waals surface area contributed by atoms with E-state index >= 15 is 0 Å². The molecule has 13 nitrogen and oxygen atoms in total. The maximum absolute atomic E-state index is 14.8. The van der Waals surface area contributed by atoms with Crippen molar-refractivity contribution in [2.24, 2.45) is 39.4 Å². The van der Waals surface area contributed by atoms with Crippen LogP contribution < -0.4 is 0 Å². The Morgan fingerprint density at radius 1 is 1.00 bits per heavy atom. The molecule has 2 saturated carbocycles. The van der Waals surface area contributed by atoms with Gasteiger partial charge in [-0.1, -0.05) is 32.4 Å². The van der Waals surface area contributed by atoms with E-state index in [0.29, 0.717) is 12.0 Å². The first kappa shape index (κ1) is 39.4. The molecule has 5 aliphatic rings. The van der Waals surface area contributed by atoms with E-state index in [0.717, 1.165) is 6.08 Å². The number of fused-ring (bicyclic) bond motifs is 5. The second-order valence-corrected chi connectivity index (χ2v) is 17.2. The van der Waals surface area contributed by atoms with Gasteiger partial charge in [0.1, 0.15) is 41.4 Å². The topological polar surface area (TPSA) is 217 Å². The summed E-state index contributed by atoms with van der Waals surface area (Å²) in [5.74, 6) is -4.17. The molecule has 1 aliphatic heterocycles. The lowest BCUT2D eigenvalue weighted by molar-refractivity contribution is -0.291. The number of ether oxygens (including phenoxy) is 3. The molecule has 0 radical (unpaired) electrons. The summed E-state index contributed by atoms with van der Waals surface area (Å²) in [6, 6.07) is 0. The van der Waals surface area contributed by atoms with E-state index in [-0.39, 0.29) is 24.4 Å². The van der Waals surface area contributed by atoms with Crippen LogP contribution in [0.4, 0.5) is 0 Å². The summed E-state index contributed by atoms with van der Waals surface area (Å²) < 4.78 is 16.7. The van der Waals surface area contributed by atoms with Gasteiger partial charge in [-0.05, 0) is 82.4 Å². The second-order valence-electron chi connectivity index (χ2n) is 17.2. The zero-order valence-corrected chi connectivity index (χ0v) is 30.9. The van der Waals surface area contributed by atoms with Gasteiger partial charge in [-0.2, -0.15) is 0 Å². The quantitative estimate of drug-likeness (QED) is 0.119. The maximum Gasteiger partial charge on any atom is 0.303 e. The minimum absolute atomic E-state index is 0.0841. The van der Waals surface area contributed by atoms with E-state index in [1.54, 1.807) is 33.8 Å². The number of hydrogen-bond acceptors (Lipinski definition) is 13. The lowest BCUT2D eigenvalue weighted by atomic mass is 9.39. The highest BCUT2D eigenvalue weighted by atomic mass is 16.7. The van der Waals surface area contributed by atoms with Gasteiger partial charge >= 0.3 is 5.97 Å². The fourth-order valence-electron chi connectivity index (χ4n) is 10.3. The molecule has 1 saturated heterocycles. The molecule has 0 aromatic heterocycles. The van der Waals surface area contributed by atoms with Crippen molar-refractivity contribution in [1.29, 1.82) is 0 Å². The number of rotatable bonds is 8. The zero-order valence-electron chi connectivity index (χ0n) is 30.9. The van der Waals surface area contributed by atoms with E-state index in [2.05, 4.69) is 0 Å². The number of hydrogen-bond donors (Lipinski definition) is 6. The highest BCUT2D eigenvalue weighted by molar-refractivity contribution is 6.02. The SMILES string of the molecule is CC(=O)OC(C)(C)C=CC(=O)[C@](C)(O)C1[C@H](O)C[C@@]2(C)C3CC=C4C(C=C(O[C@@H]5OC(CO)[C@@H](O)[C@H](O)C5O)C(=O)C4(C)C)[C@]3(C)C(=O)C[C@]12C. The summed E-state index contributed by atoms with van der Waals surface area (Å²) >= 11 is 0. The molecule has 0 aromatic rings. The Morgan fingerprint density at radius 2 is 1.63 bits per heavy atom. The van der Waals surface area contributed by atoms with Crippen LogP contribution in [0.5, 0.6) is 0 Å². The largest absolute Gasteiger partial charge is 0.459 e. The van der Waals surface area contributed by atoms with E-state index in [9.17, 15) is 49.8 Å². The Morgan fingerprint density at radius 3 is 2.22 bits per heavy atom. The predicted molar refractivity (Wildman–Crippen MR) is 180 cm³/mol. The molecule has 0 aromatic carbocycles. The summed E-state index contributed by atoms with van der Waals surface area (Å²) in [7, 11) is 0. The van der Waals surface area contributed by atoms with Gasteiger partial charge in [0.2, 0.25) is 12.1 Å². The molecule has 5 rings (SSSR count). The van der Waals surface area contributed by atoms with Gasteiger partial charge in [-0.3, -0.25) is 19.2 Å². The highest BCUT2D eigenvalue weighted by Gasteiger charge is 2.74. The molecule has 0 amide bonds. The second kappa shape index (κ2) is 12.7. The fourth-order valence-corrected chi connectivity index (χ4v) is 10.3. The number of aliphatic hydroxyl groups is 6. The third-order valence-corrected chi connectivity index (χ3v) is 13.3. The number of aliphatic hydroxyl groups excluding tert-OH is 5. The van der Waals surface area contributed by atoms with Crippen LogP contribution >= 0.6 is 0 Å². The van der Waals surface area contributed by atoms with Crippen LogP contribution in [0.3, 0.4) is 0 Å². The van der Waals surface area contributed by atoms with Crippen LogP contribution in [-0.4, -0.2) is 109 Å². The standard InChI is InChI=1S/C38H54O13/c1-18(40)51-33(2,3)13-12-25(42)38(9,48)30-21(41)15-35(6)24-11-10-19-20(37(24,8)26(43)16-36(30,35)7)14-22(31(47)34(19,4)5)49-32-29(46)28(45)27(44)23(17-39)50-32/h10,12-14,20-21,23-24,27-30,32,39,41,44-46,48H,11,15-17H2,1-9H3/t20?,21-,23?,24?,27-,28+,29?,30?,32-,35+,36-,37+,38+/m1/s1. The number of carbonyl (C=O) groups excluding carboxylic acids is 4. The van der Waals surface area contributed by atoms with Crippen molar-refractivity contribution >= 4 is 23.3 Å². The van der Waals surface area contributed by atoms with Crippen molar-refractivity contribution in [3.63, 3.8) is 0 Å². The summed E-state index contributed by atoms with van der Waals surface area (Å²) in [6.07, 6.45) is -2.57. The fraction of sp³-hybridized carbons (Fsp3) is 0.737. The van der Waals surface area contributed by atoms with Crippen molar-refractivity contribution in [3.8, 4) is 0 Å². The molecule has 6 N–H and O–H groups in total. The molecule has 13 atom stereocenters. The number of ketones is 3. The minimum atomic E-state index is -2.09. The van der Waals surface area contributed by atoms with Gasteiger partial charge < -0.3 is 44.8 Å². The molecule has 0 bridgehead atoms. The van der Waals surface area contributed by atoms with Crippen LogP contribution in [0.25, 0.3) is 0 Å². The van der Waals surface area contributed by atoms with Crippen LogP contribution in [0.1, 0.15) is 81.6 Å². The summed E-state index contributed by atoms with van der Waals surface area (Å²) in [4.78, 5) is 53.9. The lowest BCUT2D eigenvalue weighted by Gasteiger charge is -2.63. The Balaban J connectivity index is 1.52. The van der Waals surface area contributed by atoms with Gasteiger partial charge in [0.05, 0.1) is 18.1 Å². The van der Waals surface area contributed by atoms with Crippen molar-refractivity contribution in [2.45, 2.75) is 130 Å². The molecule has 1 heterocycles. The molecule has 4 aliphatic carbocycles. The molecule has 284 valence electrons. The first-order chi connectivity index (χ1) is 23.3. The Hall–Kier alpha value is -2.78. The molecule has 13 heteroatoms. The summed E-state index contributed by atoms with van der Waals surface area (Å²) in [5.41, 5.74) is -6.62. The van der Waals surface area contributed by atoms with E-state index in [1.165, 1.54) is 19.9 Å². The van der Waals surface area contributed by atoms with Crippen molar-refractivity contribution in [2.75, 3.05) is 6.61 Å². The van der Waals surface area contributed by atoms with E-state index in [1.807, 2.05) is 26.8 Å². The lowest BCUT2D eigenvalue weighted by Crippen LogP contribution is -2.64. The number of allylic oxidation sites excluding steroid dienone is 4. The van der Waals surface area contributed by atoms with Crippen LogP contribution in [0.2, 0.25) is 0 Å². The third-order valence-electron chi connectivity index (χ3n) is 13.3. The van der Waals surface area contributed by atoms with E-state index < -0.39 is 112 Å².